The van der Waals surface area contributed by atoms with Gasteiger partial charge in [-0.25, -0.2) is 0 Å². The fraction of sp³-hybridized carbons (Fsp3) is 0.419. The van der Waals surface area contributed by atoms with Crippen molar-refractivity contribution in [3.05, 3.63) is 71.3 Å². The van der Waals surface area contributed by atoms with E-state index in [0.717, 1.165) is 33.5 Å². The molecule has 0 saturated heterocycles. The molecule has 0 unspecified atom stereocenters. The second kappa shape index (κ2) is 9.26. The first-order chi connectivity index (χ1) is 16.7. The van der Waals surface area contributed by atoms with Crippen molar-refractivity contribution in [2.45, 2.75) is 89.4 Å². The van der Waals surface area contributed by atoms with Crippen molar-refractivity contribution >= 4 is 22.8 Å². The van der Waals surface area contributed by atoms with Crippen molar-refractivity contribution in [2.24, 2.45) is 5.41 Å². The number of benzene rings is 3. The van der Waals surface area contributed by atoms with E-state index < -0.39 is 0 Å². The number of fused-ring (bicyclic) bond motifs is 1. The zero-order valence-electron chi connectivity index (χ0n) is 23.1. The molecule has 0 atom stereocenters. The van der Waals surface area contributed by atoms with Gasteiger partial charge >= 0.3 is 0 Å². The highest BCUT2D eigenvalue weighted by molar-refractivity contribution is 7.99. The third-order valence-corrected chi connectivity index (χ3v) is 8.99. The van der Waals surface area contributed by atoms with E-state index in [2.05, 4.69) is 96.9 Å². The van der Waals surface area contributed by atoms with Gasteiger partial charge in [-0.15, -0.1) is 15.0 Å². The summed E-state index contributed by atoms with van der Waals surface area (Å²) in [4.78, 5) is 3.87. The first-order valence-corrected chi connectivity index (χ1v) is 13.5. The lowest BCUT2D eigenvalue weighted by atomic mass is 9.63. The Labute approximate surface area is 220 Å². The molecule has 0 aliphatic heterocycles. The lowest BCUT2D eigenvalue weighted by molar-refractivity contribution is 0.189. The van der Waals surface area contributed by atoms with Crippen LogP contribution < -0.4 is 0 Å². The molecule has 4 aromatic rings. The minimum Gasteiger partial charge on any atom is -0.505 e. The molecular formula is C31H39N3OS. The quantitative estimate of drug-likeness (QED) is 0.287. The molecule has 190 valence electrons. The van der Waals surface area contributed by atoms with E-state index in [9.17, 15) is 5.11 Å². The second-order valence-electron chi connectivity index (χ2n) is 12.1. The molecule has 4 nitrogen and oxygen atoms in total. The van der Waals surface area contributed by atoms with Gasteiger partial charge in [0.2, 0.25) is 0 Å². The van der Waals surface area contributed by atoms with Crippen LogP contribution >= 0.6 is 11.8 Å². The van der Waals surface area contributed by atoms with Crippen LogP contribution in [0.25, 0.3) is 16.7 Å². The molecule has 1 aromatic heterocycles. The minimum absolute atomic E-state index is 0.0938. The Morgan fingerprint density at radius 3 is 2.03 bits per heavy atom. The molecule has 4 rings (SSSR count). The molecule has 5 heteroatoms. The van der Waals surface area contributed by atoms with Crippen LogP contribution in [0, 0.1) is 12.3 Å². The van der Waals surface area contributed by atoms with Gasteiger partial charge in [0.15, 0.2) is 0 Å². The Balaban J connectivity index is 1.62. The highest BCUT2D eigenvalue weighted by atomic mass is 32.2. The number of hydrogen-bond acceptors (Lipinski definition) is 4. The summed E-state index contributed by atoms with van der Waals surface area (Å²) in [7, 11) is 0. The first-order valence-electron chi connectivity index (χ1n) is 12.7. The van der Waals surface area contributed by atoms with E-state index in [-0.39, 0.29) is 22.0 Å². The Kier molecular flexibility index (Phi) is 6.76. The SMILES string of the molecule is CCC(C)(C)C(C)(C)c1ccc(Sc2ccc3nn(-c4cc(C)cc(C(C)(C)C)c4O)nc3c2)cc1. The summed E-state index contributed by atoms with van der Waals surface area (Å²) in [5.41, 5.74) is 5.68. The van der Waals surface area contributed by atoms with E-state index in [1.165, 1.54) is 10.5 Å². The molecule has 3 aromatic carbocycles. The van der Waals surface area contributed by atoms with Crippen molar-refractivity contribution in [1.29, 1.82) is 0 Å². The number of aromatic hydroxyl groups is 1. The van der Waals surface area contributed by atoms with Crippen LogP contribution in [0.2, 0.25) is 0 Å². The average Bonchev–Trinajstić information content (AvgIpc) is 3.23. The molecule has 0 radical (unpaired) electrons. The summed E-state index contributed by atoms with van der Waals surface area (Å²) in [5, 5.41) is 20.4. The van der Waals surface area contributed by atoms with Crippen LogP contribution in [0.5, 0.6) is 5.75 Å². The summed E-state index contributed by atoms with van der Waals surface area (Å²) in [5.74, 6) is 0.234. The van der Waals surface area contributed by atoms with Gasteiger partial charge in [0.1, 0.15) is 22.5 Å². The number of hydrogen-bond donors (Lipinski definition) is 1. The van der Waals surface area contributed by atoms with Crippen LogP contribution in [-0.4, -0.2) is 20.1 Å². The predicted octanol–water partition coefficient (Wildman–Crippen LogP) is 8.60. The monoisotopic (exact) mass is 501 g/mol. The van der Waals surface area contributed by atoms with E-state index in [0.29, 0.717) is 5.69 Å². The smallest absolute Gasteiger partial charge is 0.146 e. The maximum atomic E-state index is 11.0. The number of nitrogens with zero attached hydrogens (tertiary/aromatic N) is 3. The van der Waals surface area contributed by atoms with Gasteiger partial charge in [0.05, 0.1) is 0 Å². The lowest BCUT2D eigenvalue weighted by Crippen LogP contribution is -2.35. The molecule has 0 bridgehead atoms. The van der Waals surface area contributed by atoms with Crippen molar-refractivity contribution < 1.29 is 5.11 Å². The molecular weight excluding hydrogens is 462 g/mol. The largest absolute Gasteiger partial charge is 0.505 e. The first kappa shape index (κ1) is 26.3. The fourth-order valence-electron chi connectivity index (χ4n) is 4.46. The maximum absolute atomic E-state index is 11.0. The van der Waals surface area contributed by atoms with Crippen LogP contribution in [0.1, 0.15) is 78.5 Å². The minimum atomic E-state index is -0.182. The van der Waals surface area contributed by atoms with Gasteiger partial charge < -0.3 is 5.11 Å². The molecule has 1 heterocycles. The highest BCUT2D eigenvalue weighted by Crippen LogP contribution is 2.44. The standard InChI is InChI=1S/C31H39N3OS/c1-10-30(6,7)31(8,9)21-11-13-22(14-12-21)36-23-15-16-25-26(19-23)33-34(32-25)27-18-20(2)17-24(28(27)35)29(3,4)5/h11-19,35H,10H2,1-9H3. The summed E-state index contributed by atoms with van der Waals surface area (Å²) < 4.78 is 0. The van der Waals surface area contributed by atoms with Gasteiger partial charge in [0.25, 0.3) is 0 Å². The number of aromatic nitrogens is 3. The predicted molar refractivity (Wildman–Crippen MR) is 152 cm³/mol. The zero-order chi connectivity index (χ0) is 26.5. The molecule has 0 saturated carbocycles. The van der Waals surface area contributed by atoms with Crippen LogP contribution in [0.3, 0.4) is 0 Å². The van der Waals surface area contributed by atoms with E-state index in [4.69, 9.17) is 5.10 Å². The van der Waals surface area contributed by atoms with Gasteiger partial charge in [-0.1, -0.05) is 91.8 Å². The molecule has 36 heavy (non-hydrogen) atoms. The number of aryl methyl sites for hydroxylation is 1. The zero-order valence-corrected chi connectivity index (χ0v) is 23.9. The fourth-order valence-corrected chi connectivity index (χ4v) is 5.31. The van der Waals surface area contributed by atoms with Crippen LogP contribution in [-0.2, 0) is 10.8 Å². The average molecular weight is 502 g/mol. The lowest BCUT2D eigenvalue weighted by Gasteiger charge is -2.42. The molecule has 0 fully saturated rings. The molecule has 0 spiro atoms. The third kappa shape index (κ3) is 4.90. The van der Waals surface area contributed by atoms with E-state index in [1.54, 1.807) is 16.6 Å². The Morgan fingerprint density at radius 2 is 1.42 bits per heavy atom. The molecule has 0 aliphatic rings. The van der Waals surface area contributed by atoms with Crippen molar-refractivity contribution in [3.63, 3.8) is 0 Å². The van der Waals surface area contributed by atoms with Crippen LogP contribution in [0.4, 0.5) is 0 Å². The van der Waals surface area contributed by atoms with Crippen molar-refractivity contribution in [3.8, 4) is 11.4 Å². The van der Waals surface area contributed by atoms with Crippen molar-refractivity contribution in [1.82, 2.24) is 15.0 Å². The topological polar surface area (TPSA) is 50.9 Å². The maximum Gasteiger partial charge on any atom is 0.146 e. The molecule has 0 aliphatic carbocycles. The van der Waals surface area contributed by atoms with E-state index in [1.807, 2.05) is 25.1 Å². The Hall–Kier alpha value is -2.79. The number of phenols is 1. The number of rotatable bonds is 6. The van der Waals surface area contributed by atoms with Gasteiger partial charge in [-0.3, -0.25) is 0 Å². The molecule has 0 amide bonds. The number of phenolic OH excluding ortho intramolecular Hbond substituents is 1. The Morgan fingerprint density at radius 1 is 0.806 bits per heavy atom. The Bertz CT molecular complexity index is 1390. The highest BCUT2D eigenvalue weighted by Gasteiger charge is 2.36. The van der Waals surface area contributed by atoms with Gasteiger partial charge in [0, 0.05) is 15.4 Å². The molecule has 1 N–H and O–H groups in total. The summed E-state index contributed by atoms with van der Waals surface area (Å²) in [6, 6.07) is 19.1. The third-order valence-electron chi connectivity index (χ3n) is 8.00. The normalized spacial score (nSPS) is 12.9. The van der Waals surface area contributed by atoms with Gasteiger partial charge in [-0.05, 0) is 70.7 Å². The summed E-state index contributed by atoms with van der Waals surface area (Å²) in [6.45, 7) is 20.0. The summed E-state index contributed by atoms with van der Waals surface area (Å²) >= 11 is 1.73. The summed E-state index contributed by atoms with van der Waals surface area (Å²) in [6.07, 6.45) is 1.13. The second-order valence-corrected chi connectivity index (χ2v) is 13.2. The van der Waals surface area contributed by atoms with Crippen molar-refractivity contribution in [2.75, 3.05) is 0 Å². The van der Waals surface area contributed by atoms with Crippen LogP contribution in [0.15, 0.2) is 64.4 Å². The van der Waals surface area contributed by atoms with Gasteiger partial charge in [-0.2, -0.15) is 0 Å². The van der Waals surface area contributed by atoms with E-state index >= 15 is 0 Å².